The van der Waals surface area contributed by atoms with Crippen LogP contribution in [0.3, 0.4) is 0 Å². The molecule has 0 radical (unpaired) electrons. The van der Waals surface area contributed by atoms with Gasteiger partial charge in [-0.1, -0.05) is 81.9 Å². The predicted octanol–water partition coefficient (Wildman–Crippen LogP) is 9.72. The molecule has 1 unspecified atom stereocenters. The fourth-order valence-corrected chi connectivity index (χ4v) is 5.22. The lowest BCUT2D eigenvalue weighted by Gasteiger charge is -2.20. The molecule has 3 aromatic rings. The number of allylic oxidation sites excluding steroid dienone is 3. The first-order chi connectivity index (χ1) is 21.2. The minimum atomic E-state index is -0.197. The van der Waals surface area contributed by atoms with E-state index in [4.69, 9.17) is 9.47 Å². The summed E-state index contributed by atoms with van der Waals surface area (Å²) in [6.45, 7) is 14.2. The van der Waals surface area contributed by atoms with Crippen molar-refractivity contribution < 1.29 is 14.3 Å². The minimum absolute atomic E-state index is 0.191. The SMILES string of the molecule is CCCCCCn1c(=O)c(OCC(C)CCC)c(OC/C=C(\C)CCC=C(C)C)c2ccc(NC(=O)c3ccccc3)cc21. The van der Waals surface area contributed by atoms with E-state index in [0.29, 0.717) is 42.7 Å². The molecule has 1 amide bonds. The van der Waals surface area contributed by atoms with Crippen LogP contribution < -0.4 is 20.3 Å². The van der Waals surface area contributed by atoms with Gasteiger partial charge in [-0.25, -0.2) is 0 Å². The molecule has 0 saturated heterocycles. The lowest BCUT2D eigenvalue weighted by atomic mass is 10.1. The number of nitrogens with zero attached hydrogens (tertiary/aromatic N) is 1. The Bertz CT molecular complexity index is 1470. The van der Waals surface area contributed by atoms with Gasteiger partial charge in [0.1, 0.15) is 6.61 Å². The van der Waals surface area contributed by atoms with Gasteiger partial charge in [0.05, 0.1) is 12.1 Å². The number of ether oxygens (including phenoxy) is 2. The molecule has 1 N–H and O–H groups in total. The highest BCUT2D eigenvalue weighted by Crippen LogP contribution is 2.35. The molecule has 0 bridgehead atoms. The van der Waals surface area contributed by atoms with Gasteiger partial charge in [-0.05, 0) is 88.8 Å². The molecule has 1 aromatic heterocycles. The molecule has 0 saturated carbocycles. The number of amides is 1. The van der Waals surface area contributed by atoms with E-state index in [1.54, 1.807) is 16.7 Å². The summed E-state index contributed by atoms with van der Waals surface area (Å²) in [6.07, 6.45) is 12.5. The van der Waals surface area contributed by atoms with E-state index in [2.05, 4.69) is 59.0 Å². The molecule has 2 aromatic carbocycles. The number of carbonyl (C=O) groups is 1. The Kier molecular flexibility index (Phi) is 14.3. The molecule has 1 atom stereocenters. The number of hydrogen-bond acceptors (Lipinski definition) is 4. The molecule has 6 heteroatoms. The van der Waals surface area contributed by atoms with Crippen molar-refractivity contribution in [1.82, 2.24) is 4.57 Å². The first-order valence-electron chi connectivity index (χ1n) is 16.4. The van der Waals surface area contributed by atoms with Crippen LogP contribution in [0.5, 0.6) is 11.5 Å². The first kappa shape index (κ1) is 34.7. The van der Waals surface area contributed by atoms with Crippen LogP contribution in [-0.4, -0.2) is 23.7 Å². The number of aryl methyl sites for hydroxylation is 1. The predicted molar refractivity (Wildman–Crippen MR) is 184 cm³/mol. The summed E-state index contributed by atoms with van der Waals surface area (Å²) in [6, 6.07) is 14.8. The van der Waals surface area contributed by atoms with Crippen LogP contribution in [0, 0.1) is 5.92 Å². The molecule has 0 aliphatic carbocycles. The van der Waals surface area contributed by atoms with E-state index in [1.807, 2.05) is 36.4 Å². The van der Waals surface area contributed by atoms with E-state index in [-0.39, 0.29) is 17.2 Å². The number of rotatable bonds is 18. The van der Waals surface area contributed by atoms with Crippen LogP contribution in [0.25, 0.3) is 10.9 Å². The first-order valence-corrected chi connectivity index (χ1v) is 16.4. The Morgan fingerprint density at radius 1 is 0.932 bits per heavy atom. The average molecular weight is 601 g/mol. The Labute approximate surface area is 264 Å². The largest absolute Gasteiger partial charge is 0.485 e. The zero-order valence-corrected chi connectivity index (χ0v) is 27.7. The highest BCUT2D eigenvalue weighted by molar-refractivity contribution is 6.05. The fourth-order valence-electron chi connectivity index (χ4n) is 5.22. The third kappa shape index (κ3) is 10.4. The van der Waals surface area contributed by atoms with Crippen molar-refractivity contribution >= 4 is 22.5 Å². The standard InChI is InChI=1S/C38H52N2O4/c1-7-9-10-14-24-40-34-26-32(39-37(41)31-19-12-11-13-20-31)21-22-33(34)35(36(38(40)42)44-27-30(6)16-8-2)43-25-23-29(5)18-15-17-28(3)4/h11-13,17,19-23,26,30H,7-10,14-16,18,24-25,27H2,1-6H3,(H,39,41)/b29-23+. The summed E-state index contributed by atoms with van der Waals surface area (Å²) >= 11 is 0. The summed E-state index contributed by atoms with van der Waals surface area (Å²) in [7, 11) is 0. The number of aromatic nitrogens is 1. The van der Waals surface area contributed by atoms with Gasteiger partial charge < -0.3 is 19.4 Å². The number of anilines is 1. The van der Waals surface area contributed by atoms with Gasteiger partial charge in [0.2, 0.25) is 5.75 Å². The maximum absolute atomic E-state index is 14.1. The second-order valence-corrected chi connectivity index (χ2v) is 12.1. The molecule has 0 spiro atoms. The Morgan fingerprint density at radius 2 is 1.70 bits per heavy atom. The minimum Gasteiger partial charge on any atom is -0.485 e. The Balaban J connectivity index is 2.05. The maximum Gasteiger partial charge on any atom is 0.297 e. The number of fused-ring (bicyclic) bond motifs is 1. The maximum atomic E-state index is 14.1. The Morgan fingerprint density at radius 3 is 2.41 bits per heavy atom. The summed E-state index contributed by atoms with van der Waals surface area (Å²) in [5, 5.41) is 3.80. The van der Waals surface area contributed by atoms with E-state index in [1.165, 1.54) is 11.1 Å². The van der Waals surface area contributed by atoms with Gasteiger partial charge in [-0.15, -0.1) is 0 Å². The molecule has 0 aliphatic heterocycles. The lowest BCUT2D eigenvalue weighted by Crippen LogP contribution is -2.25. The van der Waals surface area contributed by atoms with Crippen molar-refractivity contribution in [3.8, 4) is 11.5 Å². The van der Waals surface area contributed by atoms with E-state index in [0.717, 1.165) is 62.3 Å². The average Bonchev–Trinajstić information content (AvgIpc) is 3.00. The highest BCUT2D eigenvalue weighted by Gasteiger charge is 2.21. The zero-order valence-electron chi connectivity index (χ0n) is 27.7. The number of nitrogens with one attached hydrogen (secondary N) is 1. The number of hydrogen-bond donors (Lipinski definition) is 1. The molecular formula is C38H52N2O4. The number of unbranched alkanes of at least 4 members (excludes halogenated alkanes) is 3. The summed E-state index contributed by atoms with van der Waals surface area (Å²) in [5.74, 6) is 0.853. The number of benzene rings is 2. The van der Waals surface area contributed by atoms with E-state index in [9.17, 15) is 9.59 Å². The second-order valence-electron chi connectivity index (χ2n) is 12.1. The molecule has 238 valence electrons. The normalized spacial score (nSPS) is 12.2. The van der Waals surface area contributed by atoms with Gasteiger partial charge in [-0.2, -0.15) is 0 Å². The summed E-state index contributed by atoms with van der Waals surface area (Å²) in [5.41, 5.74) is 4.29. The zero-order chi connectivity index (χ0) is 31.9. The van der Waals surface area contributed by atoms with Gasteiger partial charge in [-0.3, -0.25) is 9.59 Å². The third-order valence-corrected chi connectivity index (χ3v) is 7.75. The monoisotopic (exact) mass is 600 g/mol. The van der Waals surface area contributed by atoms with Crippen LogP contribution in [0.2, 0.25) is 0 Å². The molecule has 0 fully saturated rings. The Hall–Kier alpha value is -3.80. The molecule has 0 aliphatic rings. The number of pyridine rings is 1. The van der Waals surface area contributed by atoms with Crippen LogP contribution in [-0.2, 0) is 6.54 Å². The second kappa shape index (κ2) is 18.1. The van der Waals surface area contributed by atoms with Crippen LogP contribution >= 0.6 is 0 Å². The number of carbonyl (C=O) groups excluding carboxylic acids is 1. The third-order valence-electron chi connectivity index (χ3n) is 7.75. The van der Waals surface area contributed by atoms with Crippen LogP contribution in [0.1, 0.15) is 103 Å². The lowest BCUT2D eigenvalue weighted by molar-refractivity contribution is 0.102. The molecular weight excluding hydrogens is 548 g/mol. The van der Waals surface area contributed by atoms with Crippen molar-refractivity contribution in [3.63, 3.8) is 0 Å². The summed E-state index contributed by atoms with van der Waals surface area (Å²) < 4.78 is 14.5. The molecule has 3 rings (SSSR count). The van der Waals surface area contributed by atoms with E-state index < -0.39 is 0 Å². The van der Waals surface area contributed by atoms with E-state index >= 15 is 0 Å². The highest BCUT2D eigenvalue weighted by atomic mass is 16.5. The van der Waals surface area contributed by atoms with Gasteiger partial charge in [0, 0.05) is 23.2 Å². The summed E-state index contributed by atoms with van der Waals surface area (Å²) in [4.78, 5) is 27.1. The van der Waals surface area contributed by atoms with Crippen LogP contribution in [0.15, 0.2) is 76.6 Å². The van der Waals surface area contributed by atoms with Gasteiger partial charge in [0.15, 0.2) is 5.75 Å². The topological polar surface area (TPSA) is 69.6 Å². The quantitative estimate of drug-likeness (QED) is 0.117. The van der Waals surface area contributed by atoms with Gasteiger partial charge >= 0.3 is 0 Å². The van der Waals surface area contributed by atoms with Crippen molar-refractivity contribution in [2.45, 2.75) is 99.5 Å². The smallest absolute Gasteiger partial charge is 0.297 e. The van der Waals surface area contributed by atoms with Crippen molar-refractivity contribution in [2.24, 2.45) is 5.92 Å². The molecule has 6 nitrogen and oxygen atoms in total. The van der Waals surface area contributed by atoms with Crippen molar-refractivity contribution in [1.29, 1.82) is 0 Å². The van der Waals surface area contributed by atoms with Crippen molar-refractivity contribution in [2.75, 3.05) is 18.5 Å². The van der Waals surface area contributed by atoms with Crippen LogP contribution in [0.4, 0.5) is 5.69 Å². The molecule has 1 heterocycles. The fraction of sp³-hybridized carbons (Fsp3) is 0.474. The van der Waals surface area contributed by atoms with Gasteiger partial charge in [0.25, 0.3) is 11.5 Å². The van der Waals surface area contributed by atoms with Crippen molar-refractivity contribution in [3.05, 3.63) is 87.7 Å². The molecule has 44 heavy (non-hydrogen) atoms.